The number of rotatable bonds is 1. The van der Waals surface area contributed by atoms with E-state index in [-0.39, 0.29) is 11.3 Å². The topological polar surface area (TPSA) is 24.4 Å². The summed E-state index contributed by atoms with van der Waals surface area (Å²) in [5.74, 6) is -1.28. The van der Waals surface area contributed by atoms with Crippen molar-refractivity contribution < 1.29 is 8.78 Å². The number of benzodiazepines with no additional fused rings is 1. The molecule has 2 aromatic carbocycles. The molecule has 0 unspecified atom stereocenters. The second-order valence-electron chi connectivity index (χ2n) is 4.42. The number of hydrogen-bond donors (Lipinski definition) is 1. The zero-order chi connectivity index (χ0) is 14.1. The number of nitrogens with one attached hydrogen (secondary N) is 1. The van der Waals surface area contributed by atoms with Gasteiger partial charge in [-0.2, -0.15) is 0 Å². The fourth-order valence-corrected chi connectivity index (χ4v) is 2.54. The molecule has 1 heterocycles. The lowest BCUT2D eigenvalue weighted by Crippen LogP contribution is -2.10. The zero-order valence-electron chi connectivity index (χ0n) is 10.5. The van der Waals surface area contributed by atoms with Gasteiger partial charge in [0.1, 0.15) is 11.6 Å². The van der Waals surface area contributed by atoms with E-state index in [1.165, 1.54) is 18.2 Å². The van der Waals surface area contributed by atoms with Gasteiger partial charge < -0.3 is 5.32 Å². The van der Waals surface area contributed by atoms with Crippen LogP contribution in [0, 0.1) is 11.6 Å². The van der Waals surface area contributed by atoms with Crippen LogP contribution in [-0.2, 0) is 0 Å². The lowest BCUT2D eigenvalue weighted by molar-refractivity contribution is 0.579. The Bertz CT molecular complexity index is 678. The van der Waals surface area contributed by atoms with Crippen molar-refractivity contribution in [3.63, 3.8) is 0 Å². The van der Waals surface area contributed by atoms with Gasteiger partial charge in [0.2, 0.25) is 0 Å². The molecule has 1 aliphatic heterocycles. The highest BCUT2D eigenvalue weighted by Crippen LogP contribution is 2.30. The fourth-order valence-electron chi connectivity index (χ4n) is 2.28. The molecule has 0 saturated carbocycles. The first kappa shape index (κ1) is 13.1. The van der Waals surface area contributed by atoms with Crippen LogP contribution < -0.4 is 5.32 Å². The van der Waals surface area contributed by atoms with Crippen molar-refractivity contribution in [1.29, 1.82) is 0 Å². The molecule has 0 aliphatic carbocycles. The van der Waals surface area contributed by atoms with Gasteiger partial charge >= 0.3 is 0 Å². The summed E-state index contributed by atoms with van der Waals surface area (Å²) in [4.78, 5) is 4.31. The van der Waals surface area contributed by atoms with Gasteiger partial charge in [0, 0.05) is 17.8 Å². The zero-order valence-corrected chi connectivity index (χ0v) is 11.2. The minimum atomic E-state index is -0.642. The van der Waals surface area contributed by atoms with Gasteiger partial charge in [-0.05, 0) is 24.3 Å². The Hall–Kier alpha value is -1.94. The largest absolute Gasteiger partial charge is 0.383 e. The fraction of sp³-hybridized carbons (Fsp3) is 0.133. The van der Waals surface area contributed by atoms with E-state index in [1.54, 1.807) is 12.1 Å². The first-order valence-corrected chi connectivity index (χ1v) is 6.58. The molecule has 0 saturated heterocycles. The van der Waals surface area contributed by atoms with Gasteiger partial charge in [0.25, 0.3) is 0 Å². The third-order valence-electron chi connectivity index (χ3n) is 3.15. The highest BCUT2D eigenvalue weighted by atomic mass is 35.5. The van der Waals surface area contributed by atoms with Crippen LogP contribution in [0.15, 0.2) is 41.4 Å². The first-order valence-electron chi connectivity index (χ1n) is 6.20. The summed E-state index contributed by atoms with van der Waals surface area (Å²) >= 11 is 6.20. The lowest BCUT2D eigenvalue weighted by Gasteiger charge is -2.13. The molecule has 2 aromatic rings. The monoisotopic (exact) mass is 292 g/mol. The number of benzene rings is 2. The molecule has 0 bridgehead atoms. The summed E-state index contributed by atoms with van der Waals surface area (Å²) in [6, 6.07) is 9.06. The van der Waals surface area contributed by atoms with Crippen molar-refractivity contribution in [3.8, 4) is 0 Å². The minimum Gasteiger partial charge on any atom is -0.383 e. The second kappa shape index (κ2) is 5.21. The summed E-state index contributed by atoms with van der Waals surface area (Å²) in [6.45, 7) is 1.01. The van der Waals surface area contributed by atoms with E-state index in [2.05, 4.69) is 10.3 Å². The maximum absolute atomic E-state index is 14.0. The van der Waals surface area contributed by atoms with Crippen molar-refractivity contribution in [1.82, 2.24) is 0 Å². The summed E-state index contributed by atoms with van der Waals surface area (Å²) in [5, 5.41) is 3.58. The number of halogens is 3. The SMILES string of the molecule is Fc1cccc(F)c1C1=NCCNc2cccc(Cl)c21. The number of anilines is 1. The van der Waals surface area contributed by atoms with Gasteiger partial charge in [-0.1, -0.05) is 23.7 Å². The Labute approximate surface area is 120 Å². The van der Waals surface area contributed by atoms with Crippen LogP contribution in [0.5, 0.6) is 0 Å². The molecular weight excluding hydrogens is 282 g/mol. The molecule has 0 fully saturated rings. The van der Waals surface area contributed by atoms with Gasteiger partial charge in [-0.15, -0.1) is 0 Å². The molecule has 0 atom stereocenters. The lowest BCUT2D eigenvalue weighted by atomic mass is 9.99. The Morgan fingerprint density at radius 1 is 1.00 bits per heavy atom. The van der Waals surface area contributed by atoms with Crippen LogP contribution >= 0.6 is 11.6 Å². The number of fused-ring (bicyclic) bond motifs is 1. The standard InChI is InChI=1S/C15H11ClF2N2/c16-9-3-1-6-12-13(9)15(20-8-7-19-12)14-10(17)4-2-5-11(14)18/h1-6,19H,7-8H2. The Morgan fingerprint density at radius 3 is 2.45 bits per heavy atom. The van der Waals surface area contributed by atoms with E-state index >= 15 is 0 Å². The van der Waals surface area contributed by atoms with E-state index < -0.39 is 11.6 Å². The van der Waals surface area contributed by atoms with Crippen LogP contribution in [-0.4, -0.2) is 18.8 Å². The molecule has 0 spiro atoms. The molecule has 102 valence electrons. The Balaban J connectivity index is 2.28. The van der Waals surface area contributed by atoms with E-state index in [0.717, 1.165) is 5.69 Å². The van der Waals surface area contributed by atoms with E-state index in [0.29, 0.717) is 23.7 Å². The van der Waals surface area contributed by atoms with Crippen molar-refractivity contribution in [3.05, 3.63) is 64.2 Å². The summed E-state index contributed by atoms with van der Waals surface area (Å²) in [7, 11) is 0. The summed E-state index contributed by atoms with van der Waals surface area (Å²) in [5.41, 5.74) is 1.39. The quantitative estimate of drug-likeness (QED) is 0.847. The van der Waals surface area contributed by atoms with Crippen molar-refractivity contribution in [2.75, 3.05) is 18.4 Å². The van der Waals surface area contributed by atoms with E-state index in [1.807, 2.05) is 6.07 Å². The van der Waals surface area contributed by atoms with Crippen molar-refractivity contribution in [2.24, 2.45) is 4.99 Å². The van der Waals surface area contributed by atoms with Crippen molar-refractivity contribution in [2.45, 2.75) is 0 Å². The molecule has 0 aromatic heterocycles. The normalized spacial score (nSPS) is 14.1. The minimum absolute atomic E-state index is 0.134. The van der Waals surface area contributed by atoms with Crippen LogP contribution in [0.2, 0.25) is 5.02 Å². The van der Waals surface area contributed by atoms with Crippen LogP contribution in [0.4, 0.5) is 14.5 Å². The molecule has 1 aliphatic rings. The number of hydrogen-bond acceptors (Lipinski definition) is 2. The highest BCUT2D eigenvalue weighted by molar-refractivity contribution is 6.36. The van der Waals surface area contributed by atoms with Crippen LogP contribution in [0.1, 0.15) is 11.1 Å². The number of aliphatic imine (C=N–C) groups is 1. The predicted molar refractivity (Wildman–Crippen MR) is 76.8 cm³/mol. The molecule has 0 amide bonds. The molecule has 0 radical (unpaired) electrons. The van der Waals surface area contributed by atoms with E-state index in [9.17, 15) is 8.78 Å². The van der Waals surface area contributed by atoms with Gasteiger partial charge in [0.15, 0.2) is 0 Å². The maximum atomic E-state index is 14.0. The molecule has 20 heavy (non-hydrogen) atoms. The van der Waals surface area contributed by atoms with Gasteiger partial charge in [-0.3, -0.25) is 4.99 Å². The smallest absolute Gasteiger partial charge is 0.135 e. The van der Waals surface area contributed by atoms with Crippen molar-refractivity contribution >= 4 is 23.0 Å². The second-order valence-corrected chi connectivity index (χ2v) is 4.82. The molecule has 5 heteroatoms. The molecular formula is C15H11ClF2N2. The molecule has 1 N–H and O–H groups in total. The van der Waals surface area contributed by atoms with E-state index in [4.69, 9.17) is 11.6 Å². The summed E-state index contributed by atoms with van der Waals surface area (Å²) < 4.78 is 28.0. The average Bonchev–Trinajstić information content (AvgIpc) is 2.62. The Kier molecular flexibility index (Phi) is 3.40. The van der Waals surface area contributed by atoms with Crippen LogP contribution in [0.3, 0.4) is 0 Å². The average molecular weight is 293 g/mol. The Morgan fingerprint density at radius 2 is 1.70 bits per heavy atom. The third kappa shape index (κ3) is 2.16. The van der Waals surface area contributed by atoms with Crippen LogP contribution in [0.25, 0.3) is 0 Å². The third-order valence-corrected chi connectivity index (χ3v) is 3.46. The van der Waals surface area contributed by atoms with Gasteiger partial charge in [0.05, 0.1) is 22.8 Å². The predicted octanol–water partition coefficient (Wildman–Crippen LogP) is 3.88. The summed E-state index contributed by atoms with van der Waals surface area (Å²) in [6.07, 6.45) is 0. The molecule has 3 rings (SSSR count). The number of nitrogens with zero attached hydrogens (tertiary/aromatic N) is 1. The highest BCUT2D eigenvalue weighted by Gasteiger charge is 2.22. The molecule has 2 nitrogen and oxygen atoms in total. The maximum Gasteiger partial charge on any atom is 0.135 e. The first-order chi connectivity index (χ1) is 9.68. The van der Waals surface area contributed by atoms with Gasteiger partial charge in [-0.25, -0.2) is 8.78 Å².